The number of aryl methyl sites for hydroxylation is 1. The van der Waals surface area contributed by atoms with E-state index in [2.05, 4.69) is 22.5 Å². The van der Waals surface area contributed by atoms with Crippen molar-refractivity contribution in [1.29, 1.82) is 0 Å². The second-order valence-electron chi connectivity index (χ2n) is 4.30. The number of rotatable bonds is 5. The molecule has 0 fully saturated rings. The topological polar surface area (TPSA) is 46.9 Å². The molecule has 19 heavy (non-hydrogen) atoms. The molecule has 5 heteroatoms. The lowest BCUT2D eigenvalue weighted by atomic mass is 10.2. The van der Waals surface area contributed by atoms with Gasteiger partial charge in [-0.2, -0.15) is 5.10 Å². The number of hydrogen-bond acceptors (Lipinski definition) is 3. The average molecular weight is 275 g/mol. The van der Waals surface area contributed by atoms with Gasteiger partial charge in [0.05, 0.1) is 5.25 Å². The molecule has 1 aromatic carbocycles. The number of amides is 1. The van der Waals surface area contributed by atoms with E-state index in [1.165, 1.54) is 5.56 Å². The first kappa shape index (κ1) is 13.7. The summed E-state index contributed by atoms with van der Waals surface area (Å²) in [7, 11) is 1.82. The zero-order valence-electron chi connectivity index (χ0n) is 11.0. The van der Waals surface area contributed by atoms with Gasteiger partial charge in [-0.15, -0.1) is 11.8 Å². The van der Waals surface area contributed by atoms with Gasteiger partial charge in [0, 0.05) is 25.1 Å². The van der Waals surface area contributed by atoms with Crippen molar-refractivity contribution in [2.45, 2.75) is 17.9 Å². The van der Waals surface area contributed by atoms with Gasteiger partial charge in [0.1, 0.15) is 0 Å². The van der Waals surface area contributed by atoms with Crippen LogP contribution < -0.4 is 5.32 Å². The van der Waals surface area contributed by atoms with E-state index in [1.807, 2.05) is 32.2 Å². The van der Waals surface area contributed by atoms with Crippen molar-refractivity contribution in [2.24, 2.45) is 7.05 Å². The summed E-state index contributed by atoms with van der Waals surface area (Å²) in [6.07, 6.45) is 1.80. The van der Waals surface area contributed by atoms with Crippen LogP contribution in [-0.2, 0) is 17.6 Å². The molecule has 0 aliphatic heterocycles. The molecule has 1 aromatic heterocycles. The van der Waals surface area contributed by atoms with E-state index in [-0.39, 0.29) is 11.2 Å². The molecule has 0 bridgehead atoms. The van der Waals surface area contributed by atoms with Crippen LogP contribution in [0, 0.1) is 0 Å². The Labute approximate surface area is 117 Å². The Morgan fingerprint density at radius 1 is 1.37 bits per heavy atom. The molecule has 0 saturated heterocycles. The van der Waals surface area contributed by atoms with Crippen LogP contribution in [0.5, 0.6) is 0 Å². The van der Waals surface area contributed by atoms with Crippen LogP contribution in [0.15, 0.2) is 42.6 Å². The maximum Gasteiger partial charge on any atom is 0.238 e. The van der Waals surface area contributed by atoms with Crippen molar-refractivity contribution < 1.29 is 4.79 Å². The third kappa shape index (κ3) is 4.13. The zero-order valence-corrected chi connectivity index (χ0v) is 11.9. The van der Waals surface area contributed by atoms with E-state index >= 15 is 0 Å². The molecule has 0 radical (unpaired) electrons. The summed E-state index contributed by atoms with van der Waals surface area (Å²) in [6.45, 7) is 1.91. The molecule has 1 amide bonds. The van der Waals surface area contributed by atoms with Crippen LogP contribution in [0.1, 0.15) is 12.5 Å². The zero-order chi connectivity index (χ0) is 13.7. The number of carbonyl (C=O) groups is 1. The lowest BCUT2D eigenvalue weighted by molar-refractivity contribution is -0.115. The fourth-order valence-corrected chi connectivity index (χ4v) is 2.43. The number of anilines is 1. The number of nitrogens with zero attached hydrogens (tertiary/aromatic N) is 2. The first-order valence-electron chi connectivity index (χ1n) is 6.11. The summed E-state index contributed by atoms with van der Waals surface area (Å²) in [5.74, 6) is 1.41. The molecule has 0 aliphatic carbocycles. The van der Waals surface area contributed by atoms with Crippen LogP contribution in [0.3, 0.4) is 0 Å². The lowest BCUT2D eigenvalue weighted by Crippen LogP contribution is -2.22. The standard InChI is InChI=1S/C14H17N3OS/c1-11(19-10-12-6-4-3-5-7-12)14(18)15-13-8-9-17(2)16-13/h3-9,11H,10H2,1-2H3,(H,15,16,18)/t11-/m0/s1. The number of aromatic nitrogens is 2. The van der Waals surface area contributed by atoms with E-state index in [4.69, 9.17) is 0 Å². The van der Waals surface area contributed by atoms with Crippen LogP contribution in [0.4, 0.5) is 5.82 Å². The van der Waals surface area contributed by atoms with Crippen LogP contribution >= 0.6 is 11.8 Å². The predicted molar refractivity (Wildman–Crippen MR) is 79.0 cm³/mol. The summed E-state index contributed by atoms with van der Waals surface area (Å²) < 4.78 is 1.66. The van der Waals surface area contributed by atoms with E-state index in [9.17, 15) is 4.79 Å². The Morgan fingerprint density at radius 2 is 2.11 bits per heavy atom. The SMILES string of the molecule is C[C@H](SCc1ccccc1)C(=O)Nc1ccn(C)n1. The quantitative estimate of drug-likeness (QED) is 0.912. The minimum absolute atomic E-state index is 0.0142. The van der Waals surface area contributed by atoms with Crippen LogP contribution in [-0.4, -0.2) is 20.9 Å². The Kier molecular flexibility index (Phi) is 4.63. The minimum Gasteiger partial charge on any atom is -0.308 e. The van der Waals surface area contributed by atoms with E-state index < -0.39 is 0 Å². The summed E-state index contributed by atoms with van der Waals surface area (Å²) in [5, 5.41) is 6.82. The number of hydrogen-bond donors (Lipinski definition) is 1. The third-order valence-corrected chi connectivity index (χ3v) is 3.89. The monoisotopic (exact) mass is 275 g/mol. The maximum absolute atomic E-state index is 12.0. The van der Waals surface area contributed by atoms with E-state index in [0.29, 0.717) is 5.82 Å². The Morgan fingerprint density at radius 3 is 2.74 bits per heavy atom. The van der Waals surface area contributed by atoms with Crippen molar-refractivity contribution in [3.63, 3.8) is 0 Å². The summed E-state index contributed by atoms with van der Waals surface area (Å²) >= 11 is 1.62. The number of benzene rings is 1. The molecule has 1 N–H and O–H groups in total. The minimum atomic E-state index is -0.109. The second kappa shape index (κ2) is 6.43. The predicted octanol–water partition coefficient (Wildman–Crippen LogP) is 2.68. The molecule has 1 heterocycles. The average Bonchev–Trinajstić information content (AvgIpc) is 2.82. The first-order chi connectivity index (χ1) is 9.15. The number of carbonyl (C=O) groups excluding carboxylic acids is 1. The molecule has 4 nitrogen and oxygen atoms in total. The third-order valence-electron chi connectivity index (χ3n) is 2.68. The molecular formula is C14H17N3OS. The van der Waals surface area contributed by atoms with Crippen molar-refractivity contribution in [1.82, 2.24) is 9.78 Å². The van der Waals surface area contributed by atoms with Gasteiger partial charge in [-0.3, -0.25) is 9.48 Å². The van der Waals surface area contributed by atoms with E-state index in [1.54, 1.807) is 28.7 Å². The molecule has 0 spiro atoms. The number of nitrogens with one attached hydrogen (secondary N) is 1. The molecule has 0 saturated carbocycles. The van der Waals surface area contributed by atoms with Gasteiger partial charge in [-0.05, 0) is 12.5 Å². The summed E-state index contributed by atoms with van der Waals surface area (Å²) in [5.41, 5.74) is 1.23. The highest BCUT2D eigenvalue weighted by atomic mass is 32.2. The van der Waals surface area contributed by atoms with Crippen molar-refractivity contribution in [3.05, 3.63) is 48.2 Å². The van der Waals surface area contributed by atoms with Crippen LogP contribution in [0.2, 0.25) is 0 Å². The summed E-state index contributed by atoms with van der Waals surface area (Å²) in [6, 6.07) is 11.9. The summed E-state index contributed by atoms with van der Waals surface area (Å²) in [4.78, 5) is 12.0. The van der Waals surface area contributed by atoms with Gasteiger partial charge < -0.3 is 5.32 Å². The molecule has 1 atom stereocenters. The fourth-order valence-electron chi connectivity index (χ4n) is 1.58. The fraction of sp³-hybridized carbons (Fsp3) is 0.286. The van der Waals surface area contributed by atoms with Gasteiger partial charge in [-0.1, -0.05) is 30.3 Å². The Hall–Kier alpha value is -1.75. The van der Waals surface area contributed by atoms with Crippen molar-refractivity contribution in [2.75, 3.05) is 5.32 Å². The molecule has 0 unspecified atom stereocenters. The highest BCUT2D eigenvalue weighted by molar-refractivity contribution is 7.99. The Bertz CT molecular complexity index is 539. The van der Waals surface area contributed by atoms with Crippen LogP contribution in [0.25, 0.3) is 0 Å². The highest BCUT2D eigenvalue weighted by Gasteiger charge is 2.14. The molecule has 100 valence electrons. The van der Waals surface area contributed by atoms with Gasteiger partial charge in [-0.25, -0.2) is 0 Å². The second-order valence-corrected chi connectivity index (χ2v) is 5.63. The van der Waals surface area contributed by atoms with Crippen molar-refractivity contribution >= 4 is 23.5 Å². The van der Waals surface area contributed by atoms with E-state index in [0.717, 1.165) is 5.75 Å². The van der Waals surface area contributed by atoms with Crippen molar-refractivity contribution in [3.8, 4) is 0 Å². The molecular weight excluding hydrogens is 258 g/mol. The van der Waals surface area contributed by atoms with Gasteiger partial charge in [0.15, 0.2) is 5.82 Å². The Balaban J connectivity index is 1.82. The maximum atomic E-state index is 12.0. The largest absolute Gasteiger partial charge is 0.308 e. The highest BCUT2D eigenvalue weighted by Crippen LogP contribution is 2.18. The lowest BCUT2D eigenvalue weighted by Gasteiger charge is -2.10. The normalized spacial score (nSPS) is 12.1. The van der Waals surface area contributed by atoms with Gasteiger partial charge in [0.2, 0.25) is 5.91 Å². The van der Waals surface area contributed by atoms with Gasteiger partial charge in [0.25, 0.3) is 0 Å². The first-order valence-corrected chi connectivity index (χ1v) is 7.16. The molecule has 2 aromatic rings. The van der Waals surface area contributed by atoms with Gasteiger partial charge >= 0.3 is 0 Å². The smallest absolute Gasteiger partial charge is 0.238 e. The molecule has 0 aliphatic rings. The molecule has 2 rings (SSSR count). The number of thioether (sulfide) groups is 1.